The molecule has 96 valence electrons. The molecule has 0 radical (unpaired) electrons. The van der Waals surface area contributed by atoms with Crippen LogP contribution in [0.25, 0.3) is 0 Å². The minimum atomic E-state index is -0.445. The Balaban J connectivity index is 3.14. The molecular weight excluding hydrogens is 278 g/mol. The number of hydrogen-bond acceptors (Lipinski definition) is 2. The van der Waals surface area contributed by atoms with E-state index in [1.807, 2.05) is 12.1 Å². The zero-order valence-corrected chi connectivity index (χ0v) is 12.8. The second kappa shape index (κ2) is 5.87. The molecule has 0 saturated carbocycles. The molecule has 0 saturated heterocycles. The van der Waals surface area contributed by atoms with Gasteiger partial charge in [0.15, 0.2) is 0 Å². The quantitative estimate of drug-likeness (QED) is 0.909. The maximum Gasteiger partial charge on any atom is 0.0782 e. The van der Waals surface area contributed by atoms with Crippen LogP contribution in [-0.4, -0.2) is 18.2 Å². The number of benzene rings is 1. The van der Waals surface area contributed by atoms with Crippen LogP contribution < -0.4 is 4.90 Å². The third-order valence-electron chi connectivity index (χ3n) is 3.40. The van der Waals surface area contributed by atoms with Crippen molar-refractivity contribution in [3.63, 3.8) is 0 Å². The Bertz CT molecular complexity index is 376. The van der Waals surface area contributed by atoms with Crippen molar-refractivity contribution in [1.29, 1.82) is 0 Å². The van der Waals surface area contributed by atoms with E-state index in [0.29, 0.717) is 12.0 Å². The summed E-state index contributed by atoms with van der Waals surface area (Å²) in [5, 5.41) is 9.82. The molecule has 1 aromatic rings. The van der Waals surface area contributed by atoms with Crippen LogP contribution in [0.1, 0.15) is 39.4 Å². The normalized spacial score (nSPS) is 14.8. The highest BCUT2D eigenvalue weighted by atomic mass is 79.9. The fraction of sp³-hybridized carbons (Fsp3) is 0.571. The molecular formula is C14H22BrNO. The van der Waals surface area contributed by atoms with Gasteiger partial charge in [-0.25, -0.2) is 0 Å². The molecule has 0 bridgehead atoms. The highest BCUT2D eigenvalue weighted by Crippen LogP contribution is 2.31. The van der Waals surface area contributed by atoms with Crippen LogP contribution in [-0.2, 0) is 0 Å². The molecule has 1 aromatic carbocycles. The molecule has 0 heterocycles. The molecule has 0 aromatic heterocycles. The molecule has 3 heteroatoms. The van der Waals surface area contributed by atoms with E-state index in [1.165, 1.54) is 0 Å². The standard InChI is InChI=1S/C14H22BrNO/c1-9(2)10(3)16(5)14-8-12(15)6-7-13(14)11(4)17/h6-11,17H,1-5H3. The van der Waals surface area contributed by atoms with Gasteiger partial charge >= 0.3 is 0 Å². The second-order valence-electron chi connectivity index (χ2n) is 4.97. The smallest absolute Gasteiger partial charge is 0.0782 e. The molecule has 1 N–H and O–H groups in total. The average Bonchev–Trinajstić information content (AvgIpc) is 2.26. The number of hydrogen-bond donors (Lipinski definition) is 1. The number of anilines is 1. The van der Waals surface area contributed by atoms with E-state index in [0.717, 1.165) is 15.7 Å². The summed E-state index contributed by atoms with van der Waals surface area (Å²) in [4.78, 5) is 2.23. The fourth-order valence-electron chi connectivity index (χ4n) is 1.84. The highest BCUT2D eigenvalue weighted by Gasteiger charge is 2.18. The molecule has 0 aliphatic rings. The van der Waals surface area contributed by atoms with E-state index in [1.54, 1.807) is 6.92 Å². The first-order valence-electron chi connectivity index (χ1n) is 6.05. The van der Waals surface area contributed by atoms with Gasteiger partial charge in [-0.2, -0.15) is 0 Å². The fourth-order valence-corrected chi connectivity index (χ4v) is 2.19. The minimum absolute atomic E-state index is 0.432. The minimum Gasteiger partial charge on any atom is -0.389 e. The van der Waals surface area contributed by atoms with Crippen LogP contribution in [0.5, 0.6) is 0 Å². The first-order valence-corrected chi connectivity index (χ1v) is 6.84. The van der Waals surface area contributed by atoms with Gasteiger partial charge < -0.3 is 10.0 Å². The van der Waals surface area contributed by atoms with Gasteiger partial charge in [-0.05, 0) is 31.9 Å². The van der Waals surface area contributed by atoms with Crippen molar-refractivity contribution in [3.05, 3.63) is 28.2 Å². The van der Waals surface area contributed by atoms with Gasteiger partial charge in [0.1, 0.15) is 0 Å². The van der Waals surface area contributed by atoms with E-state index < -0.39 is 6.10 Å². The van der Waals surface area contributed by atoms with E-state index in [-0.39, 0.29) is 0 Å². The molecule has 0 aliphatic heterocycles. The Kier molecular flexibility index (Phi) is 5.02. The molecule has 2 atom stereocenters. The van der Waals surface area contributed by atoms with Crippen molar-refractivity contribution in [1.82, 2.24) is 0 Å². The summed E-state index contributed by atoms with van der Waals surface area (Å²) in [6.45, 7) is 8.43. The van der Waals surface area contributed by atoms with Crippen LogP contribution in [0.15, 0.2) is 22.7 Å². The zero-order valence-electron chi connectivity index (χ0n) is 11.2. The van der Waals surface area contributed by atoms with Crippen LogP contribution in [0.3, 0.4) is 0 Å². The Morgan fingerprint density at radius 3 is 2.24 bits per heavy atom. The van der Waals surface area contributed by atoms with Crippen molar-refractivity contribution in [2.45, 2.75) is 39.8 Å². The number of rotatable bonds is 4. The van der Waals surface area contributed by atoms with E-state index in [9.17, 15) is 5.11 Å². The van der Waals surface area contributed by atoms with Crippen LogP contribution in [0.4, 0.5) is 5.69 Å². The predicted molar refractivity (Wildman–Crippen MR) is 77.5 cm³/mol. The number of aliphatic hydroxyl groups is 1. The summed E-state index contributed by atoms with van der Waals surface area (Å²) >= 11 is 3.49. The van der Waals surface area contributed by atoms with Gasteiger partial charge in [-0.15, -0.1) is 0 Å². The predicted octanol–water partition coefficient (Wildman–Crippen LogP) is 3.98. The highest BCUT2D eigenvalue weighted by molar-refractivity contribution is 9.10. The number of halogens is 1. The summed E-state index contributed by atoms with van der Waals surface area (Å²) in [5.41, 5.74) is 2.07. The molecule has 0 amide bonds. The topological polar surface area (TPSA) is 23.5 Å². The van der Waals surface area contributed by atoms with Crippen molar-refractivity contribution >= 4 is 21.6 Å². The maximum atomic E-state index is 9.82. The van der Waals surface area contributed by atoms with E-state index >= 15 is 0 Å². The van der Waals surface area contributed by atoms with Crippen LogP contribution >= 0.6 is 15.9 Å². The number of nitrogens with zero attached hydrogens (tertiary/aromatic N) is 1. The molecule has 0 fully saturated rings. The molecule has 0 aliphatic carbocycles. The lowest BCUT2D eigenvalue weighted by Gasteiger charge is -2.32. The Morgan fingerprint density at radius 2 is 1.76 bits per heavy atom. The third kappa shape index (κ3) is 3.46. The van der Waals surface area contributed by atoms with E-state index in [2.05, 4.69) is 54.7 Å². The Morgan fingerprint density at radius 1 is 1.18 bits per heavy atom. The first-order chi connectivity index (χ1) is 7.84. The number of aliphatic hydroxyl groups excluding tert-OH is 1. The second-order valence-corrected chi connectivity index (χ2v) is 5.89. The molecule has 2 unspecified atom stereocenters. The average molecular weight is 300 g/mol. The van der Waals surface area contributed by atoms with Crippen molar-refractivity contribution < 1.29 is 5.11 Å². The molecule has 2 nitrogen and oxygen atoms in total. The first kappa shape index (κ1) is 14.5. The molecule has 1 rings (SSSR count). The van der Waals surface area contributed by atoms with Gasteiger partial charge in [-0.1, -0.05) is 35.8 Å². The largest absolute Gasteiger partial charge is 0.389 e. The van der Waals surface area contributed by atoms with Crippen molar-refractivity contribution in [2.75, 3.05) is 11.9 Å². The zero-order chi connectivity index (χ0) is 13.2. The summed E-state index contributed by atoms with van der Waals surface area (Å²) in [5.74, 6) is 0.570. The van der Waals surface area contributed by atoms with Gasteiger partial charge in [0, 0.05) is 28.8 Å². The monoisotopic (exact) mass is 299 g/mol. The SMILES string of the molecule is CC(O)c1ccc(Br)cc1N(C)C(C)C(C)C. The van der Waals surface area contributed by atoms with Gasteiger partial charge in [0.2, 0.25) is 0 Å². The van der Waals surface area contributed by atoms with Gasteiger partial charge in [-0.3, -0.25) is 0 Å². The maximum absolute atomic E-state index is 9.82. The van der Waals surface area contributed by atoms with E-state index in [4.69, 9.17) is 0 Å². The Hall–Kier alpha value is -0.540. The Labute approximate surface area is 113 Å². The summed E-state index contributed by atoms with van der Waals surface area (Å²) in [6.07, 6.45) is -0.445. The van der Waals surface area contributed by atoms with Crippen molar-refractivity contribution in [3.8, 4) is 0 Å². The van der Waals surface area contributed by atoms with Gasteiger partial charge in [0.25, 0.3) is 0 Å². The third-order valence-corrected chi connectivity index (χ3v) is 3.89. The summed E-state index contributed by atoms with van der Waals surface area (Å²) < 4.78 is 1.04. The lowest BCUT2D eigenvalue weighted by atomic mass is 10.0. The lowest BCUT2D eigenvalue weighted by molar-refractivity contribution is 0.199. The van der Waals surface area contributed by atoms with Crippen LogP contribution in [0, 0.1) is 5.92 Å². The lowest BCUT2D eigenvalue weighted by Crippen LogP contribution is -2.34. The van der Waals surface area contributed by atoms with Crippen LogP contribution in [0.2, 0.25) is 0 Å². The molecule has 0 spiro atoms. The molecule has 17 heavy (non-hydrogen) atoms. The summed E-state index contributed by atoms with van der Waals surface area (Å²) in [7, 11) is 2.08. The van der Waals surface area contributed by atoms with Gasteiger partial charge in [0.05, 0.1) is 6.10 Å². The summed E-state index contributed by atoms with van der Waals surface area (Å²) in [6, 6.07) is 6.45. The van der Waals surface area contributed by atoms with Crippen molar-refractivity contribution in [2.24, 2.45) is 5.92 Å².